The smallest absolute Gasteiger partial charge is 0.256 e. The minimum absolute atomic E-state index is 0.278. The zero-order chi connectivity index (χ0) is 16.4. The number of hydrogen-bond acceptors (Lipinski definition) is 4. The van der Waals surface area contributed by atoms with Crippen LogP contribution in [0.3, 0.4) is 0 Å². The van der Waals surface area contributed by atoms with E-state index in [0.29, 0.717) is 6.73 Å². The normalized spacial score (nSPS) is 14.4. The van der Waals surface area contributed by atoms with Crippen LogP contribution in [0.15, 0.2) is 36.4 Å². The van der Waals surface area contributed by atoms with Crippen LogP contribution in [-0.4, -0.2) is 19.7 Å². The van der Waals surface area contributed by atoms with Gasteiger partial charge in [-0.15, -0.1) is 0 Å². The van der Waals surface area contributed by atoms with Crippen molar-refractivity contribution in [3.8, 4) is 0 Å². The second-order valence-corrected chi connectivity index (χ2v) is 6.69. The third-order valence-corrected chi connectivity index (χ3v) is 5.08. The first-order chi connectivity index (χ1) is 11.1. The van der Waals surface area contributed by atoms with Gasteiger partial charge in [0.15, 0.2) is 12.6 Å². The molecule has 0 aliphatic rings. The van der Waals surface area contributed by atoms with Crippen LogP contribution < -0.4 is 4.57 Å². The van der Waals surface area contributed by atoms with Crippen LogP contribution >= 0.6 is 11.3 Å². The average Bonchev–Trinajstić information content (AvgIpc) is 2.88. The highest BCUT2D eigenvalue weighted by atomic mass is 32.1. The second kappa shape index (κ2) is 6.93. The fourth-order valence-corrected chi connectivity index (χ4v) is 3.76. The molecule has 0 aliphatic heterocycles. The molecule has 0 saturated carbocycles. The number of fused-ring (bicyclic) bond motifs is 3. The second-order valence-electron chi connectivity index (χ2n) is 5.49. The van der Waals surface area contributed by atoms with E-state index < -0.39 is 0 Å². The summed E-state index contributed by atoms with van der Waals surface area (Å²) in [4.78, 5) is 0. The molecule has 2 atom stereocenters. The molecule has 3 aromatic rings. The summed E-state index contributed by atoms with van der Waals surface area (Å²) < 4.78 is 20.0. The first-order valence-corrected chi connectivity index (χ1v) is 8.52. The van der Waals surface area contributed by atoms with Gasteiger partial charge in [0, 0.05) is 25.5 Å². The maximum atomic E-state index is 5.83. The van der Waals surface area contributed by atoms with E-state index in [1.165, 1.54) is 26.0 Å². The topological polar surface area (TPSA) is 31.6 Å². The SMILES string of the molecule is COC(C)OC(C)OC[n+]1c(C)sc2c3ccccc3ccc21. The van der Waals surface area contributed by atoms with E-state index in [-0.39, 0.29) is 12.6 Å². The Morgan fingerprint density at radius 3 is 2.65 bits per heavy atom. The summed E-state index contributed by atoms with van der Waals surface area (Å²) in [5, 5.41) is 3.76. The molecule has 3 rings (SSSR count). The number of benzene rings is 2. The molecule has 23 heavy (non-hydrogen) atoms. The molecule has 4 nitrogen and oxygen atoms in total. The van der Waals surface area contributed by atoms with Crippen LogP contribution in [0.2, 0.25) is 0 Å². The predicted octanol–water partition coefficient (Wildman–Crippen LogP) is 3.98. The maximum absolute atomic E-state index is 5.83. The molecule has 0 N–H and O–H groups in total. The van der Waals surface area contributed by atoms with Gasteiger partial charge < -0.3 is 9.47 Å². The third kappa shape index (κ3) is 3.38. The van der Waals surface area contributed by atoms with E-state index in [9.17, 15) is 0 Å². The minimum Gasteiger partial charge on any atom is -0.356 e. The molecule has 2 aromatic carbocycles. The summed E-state index contributed by atoms with van der Waals surface area (Å²) in [6, 6.07) is 12.8. The Hall–Kier alpha value is -1.53. The highest BCUT2D eigenvalue weighted by Crippen LogP contribution is 2.29. The first-order valence-electron chi connectivity index (χ1n) is 7.70. The van der Waals surface area contributed by atoms with Gasteiger partial charge in [0.25, 0.3) is 6.73 Å². The van der Waals surface area contributed by atoms with Gasteiger partial charge in [-0.2, -0.15) is 4.57 Å². The number of thiazole rings is 1. The monoisotopic (exact) mass is 332 g/mol. The molecule has 1 heterocycles. The number of rotatable bonds is 6. The van der Waals surface area contributed by atoms with Crippen molar-refractivity contribution in [1.82, 2.24) is 0 Å². The van der Waals surface area contributed by atoms with Crippen LogP contribution in [0.25, 0.3) is 21.0 Å². The molecular formula is C18H22NO3S+. The number of aromatic nitrogens is 1. The van der Waals surface area contributed by atoms with E-state index in [2.05, 4.69) is 47.9 Å². The molecular weight excluding hydrogens is 310 g/mol. The zero-order valence-electron chi connectivity index (χ0n) is 13.9. The Morgan fingerprint density at radius 1 is 1.09 bits per heavy atom. The summed E-state index contributed by atoms with van der Waals surface area (Å²) in [5.41, 5.74) is 1.19. The molecule has 122 valence electrons. The van der Waals surface area contributed by atoms with Crippen LogP contribution in [0, 0.1) is 6.92 Å². The minimum atomic E-state index is -0.327. The largest absolute Gasteiger partial charge is 0.356 e. The van der Waals surface area contributed by atoms with E-state index in [4.69, 9.17) is 14.2 Å². The number of aryl methyl sites for hydroxylation is 1. The van der Waals surface area contributed by atoms with Crippen LogP contribution in [0.4, 0.5) is 0 Å². The van der Waals surface area contributed by atoms with Crippen molar-refractivity contribution < 1.29 is 18.8 Å². The van der Waals surface area contributed by atoms with Crippen molar-refractivity contribution in [3.05, 3.63) is 41.4 Å². The van der Waals surface area contributed by atoms with Gasteiger partial charge >= 0.3 is 0 Å². The lowest BCUT2D eigenvalue weighted by atomic mass is 10.1. The summed E-state index contributed by atoms with van der Waals surface area (Å²) in [5.74, 6) is 0. The van der Waals surface area contributed by atoms with Gasteiger partial charge in [-0.3, -0.25) is 4.74 Å². The van der Waals surface area contributed by atoms with Gasteiger partial charge in [0.2, 0.25) is 10.5 Å². The number of methoxy groups -OCH3 is 1. The standard InChI is InChI=1S/C18H22NO3S/c1-12-19(11-21-14(3)22-13(2)20-4)17-10-9-15-7-5-6-8-16(15)18(17)23-12/h5-10,13-14H,11H2,1-4H3/q+1. The average molecular weight is 332 g/mol. The Labute approximate surface area is 140 Å². The summed E-state index contributed by atoms with van der Waals surface area (Å²) in [6.07, 6.45) is -0.605. The van der Waals surface area contributed by atoms with E-state index in [0.717, 1.165) is 0 Å². The van der Waals surface area contributed by atoms with Gasteiger partial charge in [0.05, 0.1) is 0 Å². The zero-order valence-corrected chi connectivity index (χ0v) is 14.7. The lowest BCUT2D eigenvalue weighted by Gasteiger charge is -2.16. The Bertz CT molecular complexity index is 814. The van der Waals surface area contributed by atoms with Crippen molar-refractivity contribution >= 4 is 32.3 Å². The predicted molar refractivity (Wildman–Crippen MR) is 92.4 cm³/mol. The van der Waals surface area contributed by atoms with Crippen molar-refractivity contribution in [2.24, 2.45) is 0 Å². The number of nitrogens with zero attached hydrogens (tertiary/aromatic N) is 1. The highest BCUT2D eigenvalue weighted by Gasteiger charge is 2.20. The Balaban J connectivity index is 1.86. The molecule has 0 fully saturated rings. The van der Waals surface area contributed by atoms with Crippen molar-refractivity contribution in [1.29, 1.82) is 0 Å². The van der Waals surface area contributed by atoms with E-state index >= 15 is 0 Å². The first kappa shape index (κ1) is 16.3. The maximum Gasteiger partial charge on any atom is 0.256 e. The van der Waals surface area contributed by atoms with Crippen LogP contribution in [-0.2, 0) is 20.9 Å². The molecule has 0 radical (unpaired) electrons. The summed E-state index contributed by atoms with van der Waals surface area (Å²) in [7, 11) is 1.62. The van der Waals surface area contributed by atoms with Gasteiger partial charge in [-0.05, 0) is 25.3 Å². The number of hydrogen-bond donors (Lipinski definition) is 0. The Morgan fingerprint density at radius 2 is 1.87 bits per heavy atom. The molecule has 0 spiro atoms. The molecule has 1 aromatic heterocycles. The molecule has 0 bridgehead atoms. The lowest BCUT2D eigenvalue weighted by Crippen LogP contribution is -2.38. The quantitative estimate of drug-likeness (QED) is 0.505. The van der Waals surface area contributed by atoms with Crippen LogP contribution in [0.1, 0.15) is 18.9 Å². The van der Waals surface area contributed by atoms with Gasteiger partial charge in [0.1, 0.15) is 4.70 Å². The molecule has 0 saturated heterocycles. The van der Waals surface area contributed by atoms with Gasteiger partial charge in [-0.1, -0.05) is 35.6 Å². The Kier molecular flexibility index (Phi) is 4.92. The molecule has 2 unspecified atom stereocenters. The highest BCUT2D eigenvalue weighted by molar-refractivity contribution is 7.19. The van der Waals surface area contributed by atoms with Crippen molar-refractivity contribution in [3.63, 3.8) is 0 Å². The summed E-state index contributed by atoms with van der Waals surface area (Å²) >= 11 is 1.80. The van der Waals surface area contributed by atoms with Crippen molar-refractivity contribution in [2.75, 3.05) is 7.11 Å². The van der Waals surface area contributed by atoms with Crippen molar-refractivity contribution in [2.45, 2.75) is 40.1 Å². The van der Waals surface area contributed by atoms with Gasteiger partial charge in [-0.25, -0.2) is 0 Å². The fourth-order valence-electron chi connectivity index (χ4n) is 2.63. The lowest BCUT2D eigenvalue weighted by molar-refractivity contribution is -0.716. The van der Waals surface area contributed by atoms with E-state index in [1.807, 2.05) is 13.8 Å². The third-order valence-electron chi connectivity index (χ3n) is 3.93. The summed E-state index contributed by atoms with van der Waals surface area (Å²) in [6.45, 7) is 6.31. The number of ether oxygens (including phenoxy) is 3. The molecule has 0 aliphatic carbocycles. The molecule has 0 amide bonds. The fraction of sp³-hybridized carbons (Fsp3) is 0.389. The van der Waals surface area contributed by atoms with E-state index in [1.54, 1.807) is 18.4 Å². The van der Waals surface area contributed by atoms with Crippen LogP contribution in [0.5, 0.6) is 0 Å². The molecule has 5 heteroatoms.